The molecule has 2 heteroatoms. The summed E-state index contributed by atoms with van der Waals surface area (Å²) in [5, 5.41) is 8.80. The van der Waals surface area contributed by atoms with Gasteiger partial charge >= 0.3 is 5.69 Å². The van der Waals surface area contributed by atoms with Crippen LogP contribution in [0, 0.1) is 5.39 Å². The average molecular weight is 181 g/mol. The molecule has 0 spiro atoms. The Morgan fingerprint density at radius 2 is 1.43 bits per heavy atom. The van der Waals surface area contributed by atoms with E-state index < -0.39 is 0 Å². The zero-order valence-corrected chi connectivity index (χ0v) is 7.59. The second-order valence-electron chi connectivity index (χ2n) is 2.98. The SMILES string of the molecule is N#[N+]c1ccccc1-c1ccccc1. The number of hydrogen-bond donors (Lipinski definition) is 0. The minimum Gasteiger partial charge on any atom is -0.0622 e. The van der Waals surface area contributed by atoms with Crippen LogP contribution in [0.3, 0.4) is 0 Å². The van der Waals surface area contributed by atoms with Gasteiger partial charge in [0.05, 0.1) is 5.56 Å². The predicted molar refractivity (Wildman–Crippen MR) is 56.6 cm³/mol. The second kappa shape index (κ2) is 3.71. The van der Waals surface area contributed by atoms with E-state index in [2.05, 4.69) is 4.98 Å². The van der Waals surface area contributed by atoms with Gasteiger partial charge in [0.1, 0.15) is 0 Å². The van der Waals surface area contributed by atoms with Gasteiger partial charge < -0.3 is 0 Å². The van der Waals surface area contributed by atoms with Gasteiger partial charge in [0, 0.05) is 6.07 Å². The molecule has 0 unspecified atom stereocenters. The van der Waals surface area contributed by atoms with Crippen molar-refractivity contribution in [3.63, 3.8) is 0 Å². The van der Waals surface area contributed by atoms with Crippen LogP contribution in [0.5, 0.6) is 0 Å². The van der Waals surface area contributed by atoms with Crippen molar-refractivity contribution >= 4 is 5.69 Å². The van der Waals surface area contributed by atoms with Gasteiger partial charge in [-0.1, -0.05) is 42.5 Å². The molecule has 0 saturated heterocycles. The Kier molecular flexibility index (Phi) is 2.24. The van der Waals surface area contributed by atoms with Crippen molar-refractivity contribution in [3.05, 3.63) is 59.6 Å². The molecule has 14 heavy (non-hydrogen) atoms. The number of nitrogens with zero attached hydrogens (tertiary/aromatic N) is 2. The summed E-state index contributed by atoms with van der Waals surface area (Å²) >= 11 is 0. The Balaban J connectivity index is 2.58. The largest absolute Gasteiger partial charge is 0.392 e. The van der Waals surface area contributed by atoms with Crippen LogP contribution < -0.4 is 0 Å². The lowest BCUT2D eigenvalue weighted by molar-refractivity contribution is 1.46. The Labute approximate surface area is 82.4 Å². The van der Waals surface area contributed by atoms with Crippen molar-refractivity contribution in [2.75, 3.05) is 0 Å². The maximum atomic E-state index is 8.80. The summed E-state index contributed by atoms with van der Waals surface area (Å²) in [4.78, 5) is 3.25. The van der Waals surface area contributed by atoms with Crippen molar-refractivity contribution in [1.82, 2.24) is 0 Å². The Hall–Kier alpha value is -2.14. The zero-order valence-electron chi connectivity index (χ0n) is 7.59. The molecule has 2 aromatic rings. The molecule has 0 aliphatic rings. The zero-order chi connectivity index (χ0) is 9.80. The van der Waals surface area contributed by atoms with E-state index in [1.807, 2.05) is 48.5 Å². The van der Waals surface area contributed by atoms with Crippen molar-refractivity contribution in [2.45, 2.75) is 0 Å². The standard InChI is InChI=1S/C12H9N2/c13-14-12-9-5-4-8-11(12)10-6-2-1-3-7-10/h1-9H/q+1. The molecule has 0 atom stereocenters. The van der Waals surface area contributed by atoms with Crippen LogP contribution in [-0.4, -0.2) is 0 Å². The normalized spacial score (nSPS) is 9.36. The summed E-state index contributed by atoms with van der Waals surface area (Å²) in [5.74, 6) is 0. The van der Waals surface area contributed by atoms with E-state index in [0.29, 0.717) is 5.69 Å². The second-order valence-corrected chi connectivity index (χ2v) is 2.98. The van der Waals surface area contributed by atoms with Crippen LogP contribution >= 0.6 is 0 Å². The van der Waals surface area contributed by atoms with E-state index >= 15 is 0 Å². The van der Waals surface area contributed by atoms with Gasteiger partial charge in [0.15, 0.2) is 4.98 Å². The molecule has 0 N–H and O–H groups in total. The van der Waals surface area contributed by atoms with Crippen molar-refractivity contribution in [3.8, 4) is 11.1 Å². The van der Waals surface area contributed by atoms with E-state index in [1.54, 1.807) is 6.07 Å². The van der Waals surface area contributed by atoms with E-state index in [0.717, 1.165) is 11.1 Å². The molecule has 0 amide bonds. The lowest BCUT2D eigenvalue weighted by Crippen LogP contribution is -1.75. The molecule has 2 rings (SSSR count). The Bertz CT molecular complexity index is 469. The van der Waals surface area contributed by atoms with Crippen LogP contribution in [0.1, 0.15) is 0 Å². The number of rotatable bonds is 1. The monoisotopic (exact) mass is 181 g/mol. The molecular formula is C12H9N2+. The van der Waals surface area contributed by atoms with E-state index in [-0.39, 0.29) is 0 Å². The van der Waals surface area contributed by atoms with Crippen molar-refractivity contribution < 1.29 is 0 Å². The Morgan fingerprint density at radius 3 is 2.14 bits per heavy atom. The van der Waals surface area contributed by atoms with Crippen LogP contribution in [0.4, 0.5) is 5.69 Å². The van der Waals surface area contributed by atoms with Crippen molar-refractivity contribution in [1.29, 1.82) is 5.39 Å². The molecule has 0 heterocycles. The highest BCUT2D eigenvalue weighted by molar-refractivity contribution is 5.77. The third kappa shape index (κ3) is 1.48. The van der Waals surface area contributed by atoms with Crippen LogP contribution in [-0.2, 0) is 0 Å². The summed E-state index contributed by atoms with van der Waals surface area (Å²) in [5.41, 5.74) is 2.59. The third-order valence-electron chi connectivity index (χ3n) is 2.10. The highest BCUT2D eigenvalue weighted by Crippen LogP contribution is 2.29. The summed E-state index contributed by atoms with van der Waals surface area (Å²) < 4.78 is 0. The fourth-order valence-corrected chi connectivity index (χ4v) is 1.42. The molecule has 66 valence electrons. The van der Waals surface area contributed by atoms with E-state index in [4.69, 9.17) is 5.39 Å². The molecule has 0 aliphatic carbocycles. The fraction of sp³-hybridized carbons (Fsp3) is 0. The quantitative estimate of drug-likeness (QED) is 0.614. The Morgan fingerprint density at radius 1 is 0.786 bits per heavy atom. The van der Waals surface area contributed by atoms with Gasteiger partial charge in [-0.05, 0) is 11.6 Å². The first-order valence-electron chi connectivity index (χ1n) is 4.41. The summed E-state index contributed by atoms with van der Waals surface area (Å²) in [7, 11) is 0. The van der Waals surface area contributed by atoms with Gasteiger partial charge in [-0.2, -0.15) is 0 Å². The topological polar surface area (TPSA) is 28.1 Å². The first-order chi connectivity index (χ1) is 6.92. The van der Waals surface area contributed by atoms with Crippen LogP contribution in [0.25, 0.3) is 16.1 Å². The molecule has 0 radical (unpaired) electrons. The molecule has 2 aromatic carbocycles. The third-order valence-corrected chi connectivity index (χ3v) is 2.10. The molecule has 0 bridgehead atoms. The average Bonchev–Trinajstić information content (AvgIpc) is 2.30. The first-order valence-corrected chi connectivity index (χ1v) is 4.41. The molecule has 0 saturated carbocycles. The lowest BCUT2D eigenvalue weighted by atomic mass is 10.0. The minimum atomic E-state index is 0.596. The maximum Gasteiger partial charge on any atom is 0.392 e. The first kappa shape index (κ1) is 8.46. The van der Waals surface area contributed by atoms with Gasteiger partial charge in [0.25, 0.3) is 0 Å². The molecule has 0 aromatic heterocycles. The lowest BCUT2D eigenvalue weighted by Gasteiger charge is -1.96. The fourth-order valence-electron chi connectivity index (χ4n) is 1.42. The maximum absolute atomic E-state index is 8.80. The van der Waals surface area contributed by atoms with Crippen LogP contribution in [0.15, 0.2) is 54.6 Å². The highest BCUT2D eigenvalue weighted by atomic mass is 14.8. The molecule has 2 nitrogen and oxygen atoms in total. The summed E-state index contributed by atoms with van der Waals surface area (Å²) in [6.07, 6.45) is 0. The minimum absolute atomic E-state index is 0.596. The van der Waals surface area contributed by atoms with E-state index in [9.17, 15) is 0 Å². The van der Waals surface area contributed by atoms with Gasteiger partial charge in [-0.3, -0.25) is 0 Å². The molecule has 0 fully saturated rings. The summed E-state index contributed by atoms with van der Waals surface area (Å²) in [6, 6.07) is 17.4. The molecular weight excluding hydrogens is 172 g/mol. The highest BCUT2D eigenvalue weighted by Gasteiger charge is 2.12. The van der Waals surface area contributed by atoms with Crippen LogP contribution in [0.2, 0.25) is 0 Å². The number of diazo groups is 1. The smallest absolute Gasteiger partial charge is 0.0622 e. The molecule has 0 aliphatic heterocycles. The van der Waals surface area contributed by atoms with Gasteiger partial charge in [0.2, 0.25) is 5.39 Å². The number of hydrogen-bond acceptors (Lipinski definition) is 1. The van der Waals surface area contributed by atoms with Gasteiger partial charge in [-0.25, -0.2) is 0 Å². The predicted octanol–water partition coefficient (Wildman–Crippen LogP) is 3.84. The number of benzene rings is 2. The van der Waals surface area contributed by atoms with Crippen molar-refractivity contribution in [2.24, 2.45) is 0 Å². The van der Waals surface area contributed by atoms with Gasteiger partial charge in [-0.15, -0.1) is 0 Å². The summed E-state index contributed by atoms with van der Waals surface area (Å²) in [6.45, 7) is 0. The van der Waals surface area contributed by atoms with E-state index in [1.165, 1.54) is 0 Å².